The lowest BCUT2D eigenvalue weighted by Crippen LogP contribution is -2.48. The highest BCUT2D eigenvalue weighted by Gasteiger charge is 2.28. The summed E-state index contributed by atoms with van der Waals surface area (Å²) in [5.41, 5.74) is 0.841. The van der Waals surface area contributed by atoms with Gasteiger partial charge in [-0.25, -0.2) is 9.67 Å². The monoisotopic (exact) mass is 274 g/mol. The van der Waals surface area contributed by atoms with Crippen LogP contribution in [0.4, 0.5) is 0 Å². The molecule has 0 radical (unpaired) electrons. The smallest absolute Gasteiger partial charge is 0.266 e. The van der Waals surface area contributed by atoms with Gasteiger partial charge >= 0.3 is 0 Å². The van der Waals surface area contributed by atoms with Gasteiger partial charge in [0.1, 0.15) is 5.76 Å². The fraction of sp³-hybridized carbons (Fsp3) is 0.500. The van der Waals surface area contributed by atoms with Gasteiger partial charge in [-0.1, -0.05) is 0 Å². The van der Waals surface area contributed by atoms with Crippen LogP contribution in [0.3, 0.4) is 0 Å². The molecule has 106 valence electrons. The molecule has 2 aromatic heterocycles. The van der Waals surface area contributed by atoms with Gasteiger partial charge < -0.3 is 4.42 Å². The predicted octanol–water partition coefficient (Wildman–Crippen LogP) is 0.980. The van der Waals surface area contributed by atoms with E-state index in [-0.39, 0.29) is 5.56 Å². The topological polar surface area (TPSA) is 64.2 Å². The Hall–Kier alpha value is -1.95. The maximum atomic E-state index is 11.7. The van der Waals surface area contributed by atoms with Crippen molar-refractivity contribution in [2.45, 2.75) is 26.9 Å². The first-order chi connectivity index (χ1) is 9.60. The zero-order valence-corrected chi connectivity index (χ0v) is 11.7. The van der Waals surface area contributed by atoms with Crippen molar-refractivity contribution in [3.05, 3.63) is 46.0 Å². The molecule has 3 heterocycles. The number of likely N-dealkylation sites (tertiary alicyclic amines) is 1. The second-order valence-electron chi connectivity index (χ2n) is 5.42. The zero-order chi connectivity index (χ0) is 14.1. The third-order valence-electron chi connectivity index (χ3n) is 3.49. The Labute approximate surface area is 117 Å². The van der Waals surface area contributed by atoms with E-state index >= 15 is 0 Å². The highest BCUT2D eigenvalue weighted by atomic mass is 16.4. The van der Waals surface area contributed by atoms with Crippen LogP contribution in [0.1, 0.15) is 17.3 Å². The summed E-state index contributed by atoms with van der Waals surface area (Å²) in [4.78, 5) is 18.1. The minimum Gasteiger partial charge on any atom is -0.445 e. The number of oxazole rings is 1. The van der Waals surface area contributed by atoms with E-state index in [2.05, 4.69) is 15.0 Å². The van der Waals surface area contributed by atoms with Crippen molar-refractivity contribution in [3.8, 4) is 0 Å². The first-order valence-electron chi connectivity index (χ1n) is 6.78. The van der Waals surface area contributed by atoms with Crippen molar-refractivity contribution in [3.63, 3.8) is 0 Å². The van der Waals surface area contributed by atoms with E-state index in [1.165, 1.54) is 0 Å². The second kappa shape index (κ2) is 5.20. The van der Waals surface area contributed by atoms with Crippen LogP contribution in [-0.2, 0) is 13.1 Å². The van der Waals surface area contributed by atoms with Crippen LogP contribution >= 0.6 is 0 Å². The van der Waals surface area contributed by atoms with Crippen LogP contribution in [0.5, 0.6) is 0 Å². The first-order valence-corrected chi connectivity index (χ1v) is 6.78. The third-order valence-corrected chi connectivity index (χ3v) is 3.49. The molecule has 1 aliphatic rings. The summed E-state index contributed by atoms with van der Waals surface area (Å²) < 4.78 is 7.02. The molecule has 20 heavy (non-hydrogen) atoms. The van der Waals surface area contributed by atoms with Gasteiger partial charge in [-0.15, -0.1) is 0 Å². The predicted molar refractivity (Wildman–Crippen MR) is 73.2 cm³/mol. The molecule has 2 aromatic rings. The van der Waals surface area contributed by atoms with Crippen LogP contribution in [0.15, 0.2) is 27.5 Å². The second-order valence-corrected chi connectivity index (χ2v) is 5.42. The summed E-state index contributed by atoms with van der Waals surface area (Å²) in [5, 5.41) is 4.26. The van der Waals surface area contributed by atoms with Gasteiger partial charge in [0.2, 0.25) is 5.89 Å². The Morgan fingerprint density at radius 3 is 2.85 bits per heavy atom. The molecule has 1 aliphatic heterocycles. The van der Waals surface area contributed by atoms with Crippen LogP contribution < -0.4 is 5.56 Å². The molecule has 6 nitrogen and oxygen atoms in total. The average Bonchev–Trinajstić information content (AvgIpc) is 2.76. The fourth-order valence-electron chi connectivity index (χ4n) is 2.51. The minimum absolute atomic E-state index is 0.0302. The van der Waals surface area contributed by atoms with Crippen LogP contribution in [0, 0.1) is 19.8 Å². The lowest BCUT2D eigenvalue weighted by molar-refractivity contribution is 0.0677. The van der Waals surface area contributed by atoms with Crippen LogP contribution in [0.2, 0.25) is 0 Å². The summed E-state index contributed by atoms with van der Waals surface area (Å²) in [6, 6.07) is 3.32. The van der Waals surface area contributed by atoms with Crippen molar-refractivity contribution >= 4 is 0 Å². The molecule has 0 unspecified atom stereocenters. The van der Waals surface area contributed by atoms with E-state index in [0.717, 1.165) is 37.0 Å². The summed E-state index contributed by atoms with van der Waals surface area (Å²) in [5.74, 6) is 2.07. The standard InChI is InChI=1S/C14H18N4O2/c1-10-3-4-14(19)18(16-10)8-12-6-17(7-12)9-13-15-5-11(2)20-13/h3-5,12H,6-9H2,1-2H3. The minimum atomic E-state index is -0.0302. The largest absolute Gasteiger partial charge is 0.445 e. The summed E-state index contributed by atoms with van der Waals surface area (Å²) >= 11 is 0. The lowest BCUT2D eigenvalue weighted by Gasteiger charge is -2.38. The summed E-state index contributed by atoms with van der Waals surface area (Å²) in [6.07, 6.45) is 1.74. The maximum Gasteiger partial charge on any atom is 0.266 e. The molecule has 0 spiro atoms. The van der Waals surface area contributed by atoms with Crippen molar-refractivity contribution in [1.82, 2.24) is 19.7 Å². The number of hydrogen-bond donors (Lipinski definition) is 0. The quantitative estimate of drug-likeness (QED) is 0.831. The zero-order valence-electron chi connectivity index (χ0n) is 11.7. The Morgan fingerprint density at radius 2 is 2.15 bits per heavy atom. The Morgan fingerprint density at radius 1 is 1.35 bits per heavy atom. The van der Waals surface area contributed by atoms with Gasteiger partial charge in [-0.05, 0) is 19.9 Å². The normalized spacial score (nSPS) is 16.3. The Bertz CT molecular complexity index is 655. The van der Waals surface area contributed by atoms with Crippen LogP contribution in [-0.4, -0.2) is 32.8 Å². The molecule has 0 atom stereocenters. The molecule has 0 saturated carbocycles. The lowest BCUT2D eigenvalue weighted by atomic mass is 10.0. The molecule has 0 aromatic carbocycles. The van der Waals surface area contributed by atoms with Gasteiger partial charge in [0.15, 0.2) is 0 Å². The molecule has 1 saturated heterocycles. The number of rotatable bonds is 4. The van der Waals surface area contributed by atoms with E-state index in [4.69, 9.17) is 4.42 Å². The number of nitrogens with zero attached hydrogens (tertiary/aromatic N) is 4. The molecule has 0 N–H and O–H groups in total. The molecule has 0 aliphatic carbocycles. The van der Waals surface area contributed by atoms with E-state index in [0.29, 0.717) is 12.5 Å². The number of aromatic nitrogens is 3. The van der Waals surface area contributed by atoms with Gasteiger partial charge in [-0.3, -0.25) is 9.69 Å². The van der Waals surface area contributed by atoms with Crippen molar-refractivity contribution < 1.29 is 4.42 Å². The maximum absolute atomic E-state index is 11.7. The number of aryl methyl sites for hydroxylation is 2. The molecule has 6 heteroatoms. The van der Waals surface area contributed by atoms with Gasteiger partial charge in [-0.2, -0.15) is 5.10 Å². The van der Waals surface area contributed by atoms with Crippen LogP contribution in [0.25, 0.3) is 0 Å². The van der Waals surface area contributed by atoms with Crippen molar-refractivity contribution in [1.29, 1.82) is 0 Å². The van der Waals surface area contributed by atoms with Gasteiger partial charge in [0, 0.05) is 25.1 Å². The Kier molecular flexibility index (Phi) is 3.40. The van der Waals surface area contributed by atoms with Gasteiger partial charge in [0.05, 0.1) is 25.0 Å². The average molecular weight is 274 g/mol. The Balaban J connectivity index is 1.53. The van der Waals surface area contributed by atoms with E-state index in [9.17, 15) is 4.79 Å². The summed E-state index contributed by atoms with van der Waals surface area (Å²) in [6.45, 7) is 7.11. The summed E-state index contributed by atoms with van der Waals surface area (Å²) in [7, 11) is 0. The highest BCUT2D eigenvalue weighted by molar-refractivity contribution is 4.98. The number of hydrogen-bond acceptors (Lipinski definition) is 5. The van der Waals surface area contributed by atoms with E-state index in [1.54, 1.807) is 23.0 Å². The SMILES string of the molecule is Cc1ccc(=O)n(CC2CN(Cc3ncc(C)o3)C2)n1. The van der Waals surface area contributed by atoms with E-state index < -0.39 is 0 Å². The molecule has 3 rings (SSSR count). The third kappa shape index (κ3) is 2.80. The molecule has 0 bridgehead atoms. The molecular formula is C14H18N4O2. The first kappa shape index (κ1) is 13.1. The molecule has 1 fully saturated rings. The van der Waals surface area contributed by atoms with Gasteiger partial charge in [0.25, 0.3) is 5.56 Å². The fourth-order valence-corrected chi connectivity index (χ4v) is 2.51. The van der Waals surface area contributed by atoms with E-state index in [1.807, 2.05) is 13.8 Å². The molecular weight excluding hydrogens is 256 g/mol. The van der Waals surface area contributed by atoms with Crippen molar-refractivity contribution in [2.75, 3.05) is 13.1 Å². The van der Waals surface area contributed by atoms with Crippen molar-refractivity contribution in [2.24, 2.45) is 5.92 Å². The highest BCUT2D eigenvalue weighted by Crippen LogP contribution is 2.19. The molecule has 0 amide bonds.